The summed E-state index contributed by atoms with van der Waals surface area (Å²) in [6.07, 6.45) is 7.56. The predicted octanol–water partition coefficient (Wildman–Crippen LogP) is 5.36. The van der Waals surface area contributed by atoms with E-state index in [1.165, 1.54) is 6.42 Å². The quantitative estimate of drug-likeness (QED) is 0.420. The van der Waals surface area contributed by atoms with E-state index in [-0.39, 0.29) is 17.9 Å². The number of pyridine rings is 1. The number of benzene rings is 2. The van der Waals surface area contributed by atoms with Gasteiger partial charge in [-0.05, 0) is 49.9 Å². The van der Waals surface area contributed by atoms with Crippen molar-refractivity contribution in [3.05, 3.63) is 95.8 Å². The van der Waals surface area contributed by atoms with Crippen LogP contribution >= 0.6 is 0 Å². The number of carbonyl (C=O) groups excluding carboxylic acids is 2. The molecule has 1 atom stereocenters. The third kappa shape index (κ3) is 6.51. The molecule has 3 aromatic rings. The second kappa shape index (κ2) is 12.9. The van der Waals surface area contributed by atoms with Crippen LogP contribution in [0.5, 0.6) is 5.75 Å². The molecule has 1 heterocycles. The molecule has 1 aromatic heterocycles. The van der Waals surface area contributed by atoms with Gasteiger partial charge in [0.05, 0.1) is 6.61 Å². The van der Waals surface area contributed by atoms with E-state index < -0.39 is 6.04 Å². The van der Waals surface area contributed by atoms with Crippen molar-refractivity contribution in [2.75, 3.05) is 13.2 Å². The maximum atomic E-state index is 14.0. The third-order valence-electron chi connectivity index (χ3n) is 6.65. The van der Waals surface area contributed by atoms with Gasteiger partial charge in [0.25, 0.3) is 5.91 Å². The van der Waals surface area contributed by atoms with Crippen LogP contribution < -0.4 is 10.1 Å². The smallest absolute Gasteiger partial charge is 0.273 e. The Balaban J connectivity index is 1.73. The van der Waals surface area contributed by atoms with Gasteiger partial charge in [-0.15, -0.1) is 0 Å². The normalized spacial score (nSPS) is 14.6. The minimum absolute atomic E-state index is 0.119. The fourth-order valence-electron chi connectivity index (χ4n) is 4.85. The summed E-state index contributed by atoms with van der Waals surface area (Å²) in [7, 11) is 0. The van der Waals surface area contributed by atoms with Gasteiger partial charge in [0.1, 0.15) is 17.5 Å². The molecule has 36 heavy (non-hydrogen) atoms. The Labute approximate surface area is 213 Å². The Morgan fingerprint density at radius 2 is 1.69 bits per heavy atom. The van der Waals surface area contributed by atoms with Crippen LogP contribution in [0.4, 0.5) is 0 Å². The summed E-state index contributed by atoms with van der Waals surface area (Å²) in [5.41, 5.74) is 2.10. The average Bonchev–Trinajstić information content (AvgIpc) is 2.93. The van der Waals surface area contributed by atoms with Gasteiger partial charge < -0.3 is 15.0 Å². The summed E-state index contributed by atoms with van der Waals surface area (Å²) in [6, 6.07) is 22.1. The van der Waals surface area contributed by atoms with Gasteiger partial charge in [0.2, 0.25) is 5.91 Å². The van der Waals surface area contributed by atoms with E-state index in [0.717, 1.165) is 31.2 Å². The lowest BCUT2D eigenvalue weighted by molar-refractivity contribution is -0.127. The Kier molecular flexibility index (Phi) is 9.09. The highest BCUT2D eigenvalue weighted by Crippen LogP contribution is 2.32. The Hall–Kier alpha value is -3.67. The molecule has 0 saturated heterocycles. The number of para-hydroxylation sites is 1. The molecule has 2 amide bonds. The van der Waals surface area contributed by atoms with E-state index >= 15 is 0 Å². The fourth-order valence-corrected chi connectivity index (χ4v) is 4.85. The maximum absolute atomic E-state index is 14.0. The van der Waals surface area contributed by atoms with Crippen LogP contribution in [0, 0.1) is 0 Å². The first-order chi connectivity index (χ1) is 17.7. The van der Waals surface area contributed by atoms with Crippen LogP contribution in [0.15, 0.2) is 79.0 Å². The summed E-state index contributed by atoms with van der Waals surface area (Å²) in [5, 5.41) is 3.26. The number of ether oxygens (including phenoxy) is 1. The van der Waals surface area contributed by atoms with Gasteiger partial charge >= 0.3 is 0 Å². The van der Waals surface area contributed by atoms with E-state index in [9.17, 15) is 9.59 Å². The Morgan fingerprint density at radius 3 is 2.42 bits per heavy atom. The Bertz CT molecular complexity index is 1110. The van der Waals surface area contributed by atoms with Crippen LogP contribution in [0.3, 0.4) is 0 Å². The summed E-state index contributed by atoms with van der Waals surface area (Å²) in [4.78, 5) is 33.8. The van der Waals surface area contributed by atoms with E-state index in [2.05, 4.69) is 10.3 Å². The first kappa shape index (κ1) is 25.4. The number of hydrogen-bond donors (Lipinski definition) is 1. The number of nitrogens with zero attached hydrogens (tertiary/aromatic N) is 2. The SMILES string of the molecule is CCOc1ccccc1C(C(=O)NC1CCCCC1)N(CCc1ccccc1)C(=O)c1ccccn1. The lowest BCUT2D eigenvalue weighted by atomic mass is 9.94. The fraction of sp³-hybridized carbons (Fsp3) is 0.367. The van der Waals surface area contributed by atoms with Crippen LogP contribution in [0.25, 0.3) is 0 Å². The first-order valence-corrected chi connectivity index (χ1v) is 13.0. The third-order valence-corrected chi connectivity index (χ3v) is 6.65. The number of aromatic nitrogens is 1. The molecule has 188 valence electrons. The molecular weight excluding hydrogens is 450 g/mol. The lowest BCUT2D eigenvalue weighted by Gasteiger charge is -2.34. The molecule has 0 bridgehead atoms. The minimum Gasteiger partial charge on any atom is -0.494 e. The molecule has 1 aliphatic rings. The second-order valence-electron chi connectivity index (χ2n) is 9.17. The summed E-state index contributed by atoms with van der Waals surface area (Å²) in [5.74, 6) is 0.162. The van der Waals surface area contributed by atoms with Crippen molar-refractivity contribution in [3.63, 3.8) is 0 Å². The molecule has 6 heteroatoms. The number of amides is 2. The average molecular weight is 486 g/mol. The standard InChI is InChI=1S/C30H35N3O3/c1-2-36-27-19-10-9-17-25(27)28(29(34)32-24-15-7-4-8-16-24)33(22-20-23-13-5-3-6-14-23)30(35)26-18-11-12-21-31-26/h3,5-6,9-14,17-19,21,24,28H,2,4,7-8,15-16,20,22H2,1H3,(H,32,34). The van der Waals surface area contributed by atoms with Gasteiger partial charge in [-0.25, -0.2) is 0 Å². The summed E-state index contributed by atoms with van der Waals surface area (Å²) >= 11 is 0. The Morgan fingerprint density at radius 1 is 0.972 bits per heavy atom. The van der Waals surface area contributed by atoms with Crippen molar-refractivity contribution in [1.82, 2.24) is 15.2 Å². The highest BCUT2D eigenvalue weighted by atomic mass is 16.5. The predicted molar refractivity (Wildman–Crippen MR) is 141 cm³/mol. The highest BCUT2D eigenvalue weighted by Gasteiger charge is 2.35. The van der Waals surface area contributed by atoms with Crippen molar-refractivity contribution < 1.29 is 14.3 Å². The highest BCUT2D eigenvalue weighted by molar-refractivity contribution is 5.97. The zero-order valence-corrected chi connectivity index (χ0v) is 20.9. The second-order valence-corrected chi connectivity index (χ2v) is 9.17. The monoisotopic (exact) mass is 485 g/mol. The van der Waals surface area contributed by atoms with Crippen LogP contribution in [0.2, 0.25) is 0 Å². The van der Waals surface area contributed by atoms with Crippen LogP contribution in [-0.2, 0) is 11.2 Å². The molecule has 0 aliphatic heterocycles. The van der Waals surface area contributed by atoms with E-state index in [1.807, 2.05) is 61.5 Å². The van der Waals surface area contributed by atoms with Crippen LogP contribution in [-0.4, -0.2) is 40.9 Å². The van der Waals surface area contributed by atoms with Crippen molar-refractivity contribution in [2.45, 2.75) is 57.5 Å². The minimum atomic E-state index is -0.840. The molecule has 1 fully saturated rings. The zero-order valence-electron chi connectivity index (χ0n) is 20.9. The van der Waals surface area contributed by atoms with E-state index in [0.29, 0.717) is 36.6 Å². The number of nitrogens with one attached hydrogen (secondary N) is 1. The van der Waals surface area contributed by atoms with Gasteiger partial charge in [-0.1, -0.05) is 73.9 Å². The van der Waals surface area contributed by atoms with Gasteiger partial charge in [0.15, 0.2) is 0 Å². The maximum Gasteiger partial charge on any atom is 0.273 e. The van der Waals surface area contributed by atoms with Gasteiger partial charge in [0, 0.05) is 24.3 Å². The molecule has 0 spiro atoms. The molecular formula is C30H35N3O3. The molecule has 1 unspecified atom stereocenters. The number of hydrogen-bond acceptors (Lipinski definition) is 4. The zero-order chi connectivity index (χ0) is 25.2. The van der Waals surface area contributed by atoms with Crippen molar-refractivity contribution in [2.24, 2.45) is 0 Å². The van der Waals surface area contributed by atoms with Crippen molar-refractivity contribution in [1.29, 1.82) is 0 Å². The molecule has 1 N–H and O–H groups in total. The van der Waals surface area contributed by atoms with Crippen molar-refractivity contribution >= 4 is 11.8 Å². The van der Waals surface area contributed by atoms with Gasteiger partial charge in [-0.3, -0.25) is 14.6 Å². The first-order valence-electron chi connectivity index (χ1n) is 13.0. The molecule has 1 aliphatic carbocycles. The summed E-state index contributed by atoms with van der Waals surface area (Å²) in [6.45, 7) is 2.74. The number of rotatable bonds is 10. The topological polar surface area (TPSA) is 71.5 Å². The number of carbonyl (C=O) groups is 2. The molecule has 4 rings (SSSR count). The van der Waals surface area contributed by atoms with Gasteiger partial charge in [-0.2, -0.15) is 0 Å². The molecule has 0 radical (unpaired) electrons. The summed E-state index contributed by atoms with van der Waals surface area (Å²) < 4.78 is 5.92. The molecule has 2 aromatic carbocycles. The van der Waals surface area contributed by atoms with E-state index in [4.69, 9.17) is 4.74 Å². The van der Waals surface area contributed by atoms with Crippen molar-refractivity contribution in [3.8, 4) is 5.75 Å². The van der Waals surface area contributed by atoms with Crippen LogP contribution in [0.1, 0.15) is 66.7 Å². The largest absolute Gasteiger partial charge is 0.494 e. The lowest BCUT2D eigenvalue weighted by Crippen LogP contribution is -2.48. The molecule has 6 nitrogen and oxygen atoms in total. The van der Waals surface area contributed by atoms with E-state index in [1.54, 1.807) is 29.3 Å². The molecule has 1 saturated carbocycles.